The summed E-state index contributed by atoms with van der Waals surface area (Å²) in [5.74, 6) is -0.134. The normalized spacial score (nSPS) is 14.7. The highest BCUT2D eigenvalue weighted by Crippen LogP contribution is 2.28. The van der Waals surface area contributed by atoms with Crippen molar-refractivity contribution in [2.24, 2.45) is 0 Å². The number of nitrogens with zero attached hydrogens (tertiary/aromatic N) is 4. The number of hydrogen-bond acceptors (Lipinski definition) is 5. The van der Waals surface area contributed by atoms with Gasteiger partial charge in [0, 0.05) is 26.1 Å². The zero-order chi connectivity index (χ0) is 18.4. The number of aromatic nitrogens is 2. The standard InChI is InChI=1S/C18H23N5O3/c24-18(9-12-22-14-15(13-19-22)23(25)26)20-16-7-3-4-8-17(16)21-10-5-1-2-6-11-21/h3-4,7-8,13-14H,1-2,5-6,9-12H2,(H,20,24). The first-order valence-corrected chi connectivity index (χ1v) is 8.94. The molecular weight excluding hydrogens is 334 g/mol. The zero-order valence-corrected chi connectivity index (χ0v) is 14.6. The minimum atomic E-state index is -0.499. The smallest absolute Gasteiger partial charge is 0.306 e. The molecule has 1 aromatic carbocycles. The van der Waals surface area contributed by atoms with Gasteiger partial charge in [-0.1, -0.05) is 25.0 Å². The van der Waals surface area contributed by atoms with Crippen LogP contribution in [-0.2, 0) is 11.3 Å². The predicted molar refractivity (Wildman–Crippen MR) is 99.3 cm³/mol. The average molecular weight is 357 g/mol. The molecule has 0 atom stereocenters. The van der Waals surface area contributed by atoms with Gasteiger partial charge in [0.1, 0.15) is 12.4 Å². The number of carbonyl (C=O) groups is 1. The number of benzene rings is 1. The average Bonchev–Trinajstić information content (AvgIpc) is 2.95. The molecule has 0 radical (unpaired) electrons. The lowest BCUT2D eigenvalue weighted by atomic mass is 10.2. The second-order valence-corrected chi connectivity index (χ2v) is 6.44. The van der Waals surface area contributed by atoms with Crippen molar-refractivity contribution in [3.05, 3.63) is 46.8 Å². The molecule has 3 rings (SSSR count). The molecule has 1 aliphatic heterocycles. The van der Waals surface area contributed by atoms with Crippen molar-refractivity contribution < 1.29 is 9.72 Å². The molecule has 1 amide bonds. The van der Waals surface area contributed by atoms with Crippen LogP contribution in [0.5, 0.6) is 0 Å². The predicted octanol–water partition coefficient (Wildman–Crippen LogP) is 3.20. The van der Waals surface area contributed by atoms with Gasteiger partial charge in [0.05, 0.1) is 16.3 Å². The summed E-state index contributed by atoms with van der Waals surface area (Å²) in [6.45, 7) is 2.30. The van der Waals surface area contributed by atoms with Crippen molar-refractivity contribution in [2.45, 2.75) is 38.6 Å². The number of nitro groups is 1. The van der Waals surface area contributed by atoms with Gasteiger partial charge >= 0.3 is 5.69 Å². The Hall–Kier alpha value is -2.90. The summed E-state index contributed by atoms with van der Waals surface area (Å²) in [4.78, 5) is 24.8. The Morgan fingerprint density at radius 1 is 1.19 bits per heavy atom. The molecule has 2 aromatic rings. The van der Waals surface area contributed by atoms with Gasteiger partial charge in [0.15, 0.2) is 0 Å². The SMILES string of the molecule is O=C(CCn1cc([N+](=O)[O-])cn1)Nc1ccccc1N1CCCCCC1. The molecule has 1 fully saturated rings. The molecule has 0 unspecified atom stereocenters. The molecule has 8 nitrogen and oxygen atoms in total. The van der Waals surface area contributed by atoms with Gasteiger partial charge < -0.3 is 10.2 Å². The lowest BCUT2D eigenvalue weighted by Gasteiger charge is -2.25. The molecule has 138 valence electrons. The Labute approximate surface area is 151 Å². The fourth-order valence-electron chi connectivity index (χ4n) is 3.16. The molecule has 0 aliphatic carbocycles. The maximum Gasteiger partial charge on any atom is 0.306 e. The minimum absolute atomic E-state index is 0.0723. The van der Waals surface area contributed by atoms with Crippen LogP contribution in [-0.4, -0.2) is 33.7 Å². The van der Waals surface area contributed by atoms with E-state index in [4.69, 9.17) is 0 Å². The van der Waals surface area contributed by atoms with E-state index in [1.807, 2.05) is 24.3 Å². The third kappa shape index (κ3) is 4.59. The van der Waals surface area contributed by atoms with Gasteiger partial charge in [-0.2, -0.15) is 5.10 Å². The summed E-state index contributed by atoms with van der Waals surface area (Å²) in [5, 5.41) is 17.6. The number of hydrogen-bond donors (Lipinski definition) is 1. The van der Waals surface area contributed by atoms with E-state index >= 15 is 0 Å². The molecule has 1 N–H and O–H groups in total. The van der Waals surface area contributed by atoms with E-state index in [9.17, 15) is 14.9 Å². The van der Waals surface area contributed by atoms with Crippen molar-refractivity contribution in [2.75, 3.05) is 23.3 Å². The Morgan fingerprint density at radius 3 is 2.62 bits per heavy atom. The van der Waals surface area contributed by atoms with E-state index in [-0.39, 0.29) is 18.0 Å². The molecular formula is C18H23N5O3. The van der Waals surface area contributed by atoms with E-state index in [1.54, 1.807) is 0 Å². The Kier molecular flexibility index (Phi) is 5.83. The number of carbonyl (C=O) groups excluding carboxylic acids is 1. The van der Waals surface area contributed by atoms with E-state index < -0.39 is 4.92 Å². The van der Waals surface area contributed by atoms with E-state index in [0.29, 0.717) is 6.54 Å². The fourth-order valence-corrected chi connectivity index (χ4v) is 3.16. The second-order valence-electron chi connectivity index (χ2n) is 6.44. The number of para-hydroxylation sites is 2. The van der Waals surface area contributed by atoms with Crippen molar-refractivity contribution in [1.29, 1.82) is 0 Å². The summed E-state index contributed by atoms with van der Waals surface area (Å²) < 4.78 is 1.42. The topological polar surface area (TPSA) is 93.3 Å². The van der Waals surface area contributed by atoms with E-state index in [2.05, 4.69) is 15.3 Å². The third-order valence-electron chi connectivity index (χ3n) is 4.52. The molecule has 26 heavy (non-hydrogen) atoms. The van der Waals surface area contributed by atoms with Crippen molar-refractivity contribution in [3.63, 3.8) is 0 Å². The molecule has 0 bridgehead atoms. The minimum Gasteiger partial charge on any atom is -0.370 e. The van der Waals surface area contributed by atoms with Crippen LogP contribution in [0.3, 0.4) is 0 Å². The van der Waals surface area contributed by atoms with Crippen LogP contribution < -0.4 is 10.2 Å². The molecule has 0 spiro atoms. The monoisotopic (exact) mass is 357 g/mol. The van der Waals surface area contributed by atoms with Gasteiger partial charge in [-0.15, -0.1) is 0 Å². The number of nitrogens with one attached hydrogen (secondary N) is 1. The number of anilines is 2. The van der Waals surface area contributed by atoms with Crippen LogP contribution in [0.2, 0.25) is 0 Å². The maximum absolute atomic E-state index is 12.3. The summed E-state index contributed by atoms with van der Waals surface area (Å²) in [6, 6.07) is 7.85. The van der Waals surface area contributed by atoms with Gasteiger partial charge in [-0.05, 0) is 25.0 Å². The zero-order valence-electron chi connectivity index (χ0n) is 14.6. The van der Waals surface area contributed by atoms with E-state index in [1.165, 1.54) is 42.8 Å². The lowest BCUT2D eigenvalue weighted by molar-refractivity contribution is -0.385. The van der Waals surface area contributed by atoms with Gasteiger partial charge in [-0.25, -0.2) is 0 Å². The first kappa shape index (κ1) is 17.9. The quantitative estimate of drug-likeness (QED) is 0.633. The van der Waals surface area contributed by atoms with Gasteiger partial charge in [0.2, 0.25) is 5.91 Å². The van der Waals surface area contributed by atoms with Crippen LogP contribution in [0.15, 0.2) is 36.7 Å². The highest BCUT2D eigenvalue weighted by Gasteiger charge is 2.15. The molecule has 1 aromatic heterocycles. The molecule has 1 aliphatic rings. The number of rotatable bonds is 6. The molecule has 1 saturated heterocycles. The van der Waals surface area contributed by atoms with Crippen LogP contribution in [0.4, 0.5) is 17.1 Å². The van der Waals surface area contributed by atoms with Crippen molar-refractivity contribution in [1.82, 2.24) is 9.78 Å². The van der Waals surface area contributed by atoms with Crippen molar-refractivity contribution >= 4 is 23.0 Å². The first-order valence-electron chi connectivity index (χ1n) is 8.94. The molecule has 0 saturated carbocycles. The summed E-state index contributed by atoms with van der Waals surface area (Å²) in [6.07, 6.45) is 7.56. The first-order chi connectivity index (χ1) is 12.6. The fraction of sp³-hybridized carbons (Fsp3) is 0.444. The third-order valence-corrected chi connectivity index (χ3v) is 4.52. The number of aryl methyl sites for hydroxylation is 1. The highest BCUT2D eigenvalue weighted by molar-refractivity contribution is 5.94. The summed E-state index contributed by atoms with van der Waals surface area (Å²) >= 11 is 0. The maximum atomic E-state index is 12.3. The molecule has 2 heterocycles. The van der Waals surface area contributed by atoms with Gasteiger partial charge in [0.25, 0.3) is 0 Å². The van der Waals surface area contributed by atoms with Crippen LogP contribution >= 0.6 is 0 Å². The van der Waals surface area contributed by atoms with E-state index in [0.717, 1.165) is 24.5 Å². The Morgan fingerprint density at radius 2 is 1.92 bits per heavy atom. The highest BCUT2D eigenvalue weighted by atomic mass is 16.6. The van der Waals surface area contributed by atoms with Crippen LogP contribution in [0.1, 0.15) is 32.1 Å². The van der Waals surface area contributed by atoms with Crippen LogP contribution in [0.25, 0.3) is 0 Å². The van der Waals surface area contributed by atoms with Crippen molar-refractivity contribution in [3.8, 4) is 0 Å². The summed E-state index contributed by atoms with van der Waals surface area (Å²) in [7, 11) is 0. The van der Waals surface area contributed by atoms with Gasteiger partial charge in [-0.3, -0.25) is 19.6 Å². The Balaban J connectivity index is 1.60. The van der Waals surface area contributed by atoms with Crippen LogP contribution in [0, 0.1) is 10.1 Å². The molecule has 8 heteroatoms. The lowest BCUT2D eigenvalue weighted by Crippen LogP contribution is -2.25. The Bertz CT molecular complexity index is 766. The second kappa shape index (κ2) is 8.46. The number of amides is 1. The largest absolute Gasteiger partial charge is 0.370 e. The summed E-state index contributed by atoms with van der Waals surface area (Å²) in [5.41, 5.74) is 1.79.